The average molecular weight is 309 g/mol. The SMILES string of the molecule is CCN(CCC#N)S(=O)(=O)c1ccc(C#CCN)cc1F. The summed E-state index contributed by atoms with van der Waals surface area (Å²) < 4.78 is 39.8. The third kappa shape index (κ3) is 4.27. The zero-order chi connectivity index (χ0) is 15.9. The molecule has 0 aliphatic carbocycles. The van der Waals surface area contributed by atoms with Crippen molar-refractivity contribution in [3.63, 3.8) is 0 Å². The van der Waals surface area contributed by atoms with Gasteiger partial charge < -0.3 is 5.73 Å². The lowest BCUT2D eigenvalue weighted by Crippen LogP contribution is -2.32. The average Bonchev–Trinajstić information content (AvgIpc) is 2.45. The molecule has 2 N–H and O–H groups in total. The molecule has 21 heavy (non-hydrogen) atoms. The number of rotatable bonds is 5. The van der Waals surface area contributed by atoms with Crippen LogP contribution in [-0.2, 0) is 10.0 Å². The van der Waals surface area contributed by atoms with Crippen LogP contribution in [-0.4, -0.2) is 32.4 Å². The maximum Gasteiger partial charge on any atom is 0.246 e. The lowest BCUT2D eigenvalue weighted by Gasteiger charge is -2.19. The van der Waals surface area contributed by atoms with Gasteiger partial charge in [-0.15, -0.1) is 0 Å². The van der Waals surface area contributed by atoms with E-state index in [1.165, 1.54) is 12.1 Å². The van der Waals surface area contributed by atoms with E-state index in [1.54, 1.807) is 6.92 Å². The standard InChI is InChI=1S/C14H16FN3O2S/c1-2-18(10-4-9-17)21(19,20)14-7-6-12(5-3-8-16)11-13(14)15/h6-7,11H,2,4,8,10,16H2,1H3. The van der Waals surface area contributed by atoms with Gasteiger partial charge in [-0.2, -0.15) is 9.57 Å². The molecule has 1 rings (SSSR count). The van der Waals surface area contributed by atoms with E-state index in [0.29, 0.717) is 5.56 Å². The Morgan fingerprint density at radius 1 is 1.43 bits per heavy atom. The fraction of sp³-hybridized carbons (Fsp3) is 0.357. The lowest BCUT2D eigenvalue weighted by atomic mass is 10.2. The number of hydrogen-bond donors (Lipinski definition) is 1. The maximum atomic E-state index is 14.0. The molecule has 1 aromatic rings. The Morgan fingerprint density at radius 3 is 2.67 bits per heavy atom. The first-order chi connectivity index (χ1) is 9.97. The van der Waals surface area contributed by atoms with Crippen LogP contribution in [0.3, 0.4) is 0 Å². The van der Waals surface area contributed by atoms with Crippen molar-refractivity contribution in [2.75, 3.05) is 19.6 Å². The van der Waals surface area contributed by atoms with E-state index in [4.69, 9.17) is 11.0 Å². The molecule has 0 saturated heterocycles. The number of nitriles is 1. The van der Waals surface area contributed by atoms with Crippen LogP contribution in [0.5, 0.6) is 0 Å². The molecule has 0 unspecified atom stereocenters. The summed E-state index contributed by atoms with van der Waals surface area (Å²) in [4.78, 5) is -0.416. The molecule has 5 nitrogen and oxygen atoms in total. The van der Waals surface area contributed by atoms with E-state index in [-0.39, 0.29) is 26.1 Å². The number of halogens is 1. The lowest BCUT2D eigenvalue weighted by molar-refractivity contribution is 0.430. The quantitative estimate of drug-likeness (QED) is 0.824. The van der Waals surface area contributed by atoms with Gasteiger partial charge in [0.05, 0.1) is 12.6 Å². The Morgan fingerprint density at radius 2 is 2.14 bits per heavy atom. The number of benzene rings is 1. The highest BCUT2D eigenvalue weighted by Gasteiger charge is 2.26. The minimum atomic E-state index is -3.96. The first-order valence-corrected chi connectivity index (χ1v) is 7.77. The summed E-state index contributed by atoms with van der Waals surface area (Å²) in [6.45, 7) is 1.97. The summed E-state index contributed by atoms with van der Waals surface area (Å²) in [7, 11) is -3.96. The Bertz CT molecular complexity index is 699. The molecule has 0 radical (unpaired) electrons. The second kappa shape index (κ2) is 7.75. The van der Waals surface area contributed by atoms with E-state index >= 15 is 0 Å². The van der Waals surface area contributed by atoms with Crippen LogP contribution < -0.4 is 5.73 Å². The second-order valence-electron chi connectivity index (χ2n) is 4.06. The van der Waals surface area contributed by atoms with Crippen LogP contribution in [0.25, 0.3) is 0 Å². The Hall–Kier alpha value is -1.93. The van der Waals surface area contributed by atoms with Gasteiger partial charge in [0, 0.05) is 25.1 Å². The van der Waals surface area contributed by atoms with Crippen molar-refractivity contribution in [1.29, 1.82) is 5.26 Å². The van der Waals surface area contributed by atoms with Crippen molar-refractivity contribution < 1.29 is 12.8 Å². The van der Waals surface area contributed by atoms with Crippen molar-refractivity contribution in [3.8, 4) is 17.9 Å². The van der Waals surface area contributed by atoms with E-state index in [9.17, 15) is 12.8 Å². The highest BCUT2D eigenvalue weighted by Crippen LogP contribution is 2.20. The predicted octanol–water partition coefficient (Wildman–Crippen LogP) is 1.06. The highest BCUT2D eigenvalue weighted by atomic mass is 32.2. The third-order valence-corrected chi connectivity index (χ3v) is 4.72. The molecule has 0 bridgehead atoms. The normalized spacial score (nSPS) is 10.8. The summed E-state index contributed by atoms with van der Waals surface area (Å²) >= 11 is 0. The molecular formula is C14H16FN3O2S. The molecule has 0 fully saturated rings. The maximum absolute atomic E-state index is 14.0. The van der Waals surface area contributed by atoms with E-state index < -0.39 is 20.7 Å². The Kier molecular flexibility index (Phi) is 6.32. The van der Waals surface area contributed by atoms with Gasteiger partial charge in [0.25, 0.3) is 0 Å². The van der Waals surface area contributed by atoms with Crippen molar-refractivity contribution in [2.24, 2.45) is 5.73 Å². The van der Waals surface area contributed by atoms with Gasteiger partial charge >= 0.3 is 0 Å². The number of nitrogens with zero attached hydrogens (tertiary/aromatic N) is 2. The number of hydrogen-bond acceptors (Lipinski definition) is 4. The predicted molar refractivity (Wildman–Crippen MR) is 77.0 cm³/mol. The summed E-state index contributed by atoms with van der Waals surface area (Å²) in [5, 5.41) is 8.55. The molecule has 0 saturated carbocycles. The first-order valence-electron chi connectivity index (χ1n) is 6.33. The van der Waals surface area contributed by atoms with Gasteiger partial charge in [0.1, 0.15) is 10.7 Å². The van der Waals surface area contributed by atoms with Gasteiger partial charge in [0.2, 0.25) is 10.0 Å². The summed E-state index contributed by atoms with van der Waals surface area (Å²) in [6, 6.07) is 5.54. The Balaban J connectivity index is 3.17. The summed E-state index contributed by atoms with van der Waals surface area (Å²) in [6.07, 6.45) is 0.0503. The van der Waals surface area contributed by atoms with E-state index in [0.717, 1.165) is 10.4 Å². The van der Waals surface area contributed by atoms with Gasteiger partial charge in [0.15, 0.2) is 0 Å². The molecular weight excluding hydrogens is 293 g/mol. The topological polar surface area (TPSA) is 87.2 Å². The second-order valence-corrected chi connectivity index (χ2v) is 5.96. The van der Waals surface area contributed by atoms with Gasteiger partial charge in [-0.05, 0) is 18.2 Å². The summed E-state index contributed by atoms with van der Waals surface area (Å²) in [5.41, 5.74) is 5.58. The zero-order valence-corrected chi connectivity index (χ0v) is 12.5. The van der Waals surface area contributed by atoms with Crippen LogP contribution in [0.2, 0.25) is 0 Å². The van der Waals surface area contributed by atoms with Crippen LogP contribution in [0.4, 0.5) is 4.39 Å². The van der Waals surface area contributed by atoms with Crippen molar-refractivity contribution in [1.82, 2.24) is 4.31 Å². The molecule has 7 heteroatoms. The Labute approximate surface area is 124 Å². The monoisotopic (exact) mass is 309 g/mol. The molecule has 1 aromatic carbocycles. The fourth-order valence-corrected chi connectivity index (χ4v) is 3.20. The van der Waals surface area contributed by atoms with Gasteiger partial charge in [-0.1, -0.05) is 18.8 Å². The molecule has 0 aliphatic heterocycles. The largest absolute Gasteiger partial charge is 0.320 e. The molecule has 0 spiro atoms. The molecule has 112 valence electrons. The van der Waals surface area contributed by atoms with Gasteiger partial charge in [-0.25, -0.2) is 12.8 Å². The summed E-state index contributed by atoms with van der Waals surface area (Å²) in [5.74, 6) is 4.34. The minimum absolute atomic E-state index is 0.0313. The highest BCUT2D eigenvalue weighted by molar-refractivity contribution is 7.89. The van der Waals surface area contributed by atoms with Crippen molar-refractivity contribution in [2.45, 2.75) is 18.2 Å². The molecule has 0 amide bonds. The van der Waals surface area contributed by atoms with Crippen LogP contribution in [0.15, 0.2) is 23.1 Å². The van der Waals surface area contributed by atoms with Crippen LogP contribution >= 0.6 is 0 Å². The minimum Gasteiger partial charge on any atom is -0.320 e. The molecule has 0 aromatic heterocycles. The van der Waals surface area contributed by atoms with Crippen molar-refractivity contribution >= 4 is 10.0 Å². The van der Waals surface area contributed by atoms with Crippen molar-refractivity contribution in [3.05, 3.63) is 29.6 Å². The number of nitrogens with two attached hydrogens (primary N) is 1. The first kappa shape index (κ1) is 17.1. The van der Waals surface area contributed by atoms with E-state index in [1.807, 2.05) is 6.07 Å². The third-order valence-electron chi connectivity index (χ3n) is 2.71. The molecule has 0 heterocycles. The van der Waals surface area contributed by atoms with Gasteiger partial charge in [-0.3, -0.25) is 0 Å². The van der Waals surface area contributed by atoms with E-state index in [2.05, 4.69) is 11.8 Å². The van der Waals surface area contributed by atoms with Crippen LogP contribution in [0, 0.1) is 29.0 Å². The molecule has 0 atom stereocenters. The zero-order valence-electron chi connectivity index (χ0n) is 11.6. The smallest absolute Gasteiger partial charge is 0.246 e. The molecule has 0 aliphatic rings. The fourth-order valence-electron chi connectivity index (χ4n) is 1.70. The number of sulfonamides is 1. The van der Waals surface area contributed by atoms with Crippen LogP contribution in [0.1, 0.15) is 18.9 Å².